The fraction of sp³-hybridized carbons (Fsp3) is 0.933. The summed E-state index contributed by atoms with van der Waals surface area (Å²) in [6, 6.07) is 0. The molecule has 0 saturated carbocycles. The second-order valence-corrected chi connectivity index (χ2v) is 6.94. The van der Waals surface area contributed by atoms with Crippen molar-refractivity contribution in [2.75, 3.05) is 39.3 Å². The Kier molecular flexibility index (Phi) is 6.27. The zero-order chi connectivity index (χ0) is 14.5. The predicted octanol–water partition coefficient (Wildman–Crippen LogP) is 2.00. The Hall–Kier alpha value is -0.610. The Morgan fingerprint density at radius 2 is 1.68 bits per heavy atom. The second-order valence-electron chi connectivity index (χ2n) is 6.94. The van der Waals surface area contributed by atoms with E-state index in [1.807, 2.05) is 0 Å². The summed E-state index contributed by atoms with van der Waals surface area (Å²) in [4.78, 5) is 5.12. The number of piperazine rings is 1. The number of nitrogens with one attached hydrogen (secondary N) is 1. The summed E-state index contributed by atoms with van der Waals surface area (Å²) in [5.74, 6) is 1.08. The van der Waals surface area contributed by atoms with Gasteiger partial charge in [-0.05, 0) is 25.3 Å². The Balaban J connectivity index is 2.18. The Morgan fingerprint density at radius 1 is 1.16 bits per heavy atom. The van der Waals surface area contributed by atoms with Crippen LogP contribution in [0.3, 0.4) is 0 Å². The summed E-state index contributed by atoms with van der Waals surface area (Å²) in [6.45, 7) is 15.9. The fourth-order valence-corrected chi connectivity index (χ4v) is 2.59. The van der Waals surface area contributed by atoms with Crippen LogP contribution in [0, 0.1) is 16.7 Å². The first-order chi connectivity index (χ1) is 8.81. The van der Waals surface area contributed by atoms with E-state index in [1.165, 1.54) is 32.7 Å². The number of hydrogen-bond acceptors (Lipinski definition) is 3. The van der Waals surface area contributed by atoms with Crippen molar-refractivity contribution >= 4 is 5.84 Å². The molecular formula is C15H32N4. The second kappa shape index (κ2) is 7.25. The van der Waals surface area contributed by atoms with Crippen molar-refractivity contribution in [2.24, 2.45) is 17.1 Å². The number of nitrogens with two attached hydrogens (primary N) is 1. The van der Waals surface area contributed by atoms with Crippen molar-refractivity contribution in [3.63, 3.8) is 0 Å². The van der Waals surface area contributed by atoms with E-state index < -0.39 is 0 Å². The van der Waals surface area contributed by atoms with Gasteiger partial charge in [0.05, 0.1) is 5.84 Å². The molecule has 0 atom stereocenters. The minimum atomic E-state index is -0.139. The molecule has 0 bridgehead atoms. The van der Waals surface area contributed by atoms with Gasteiger partial charge >= 0.3 is 0 Å². The number of rotatable bonds is 7. The lowest BCUT2D eigenvalue weighted by Gasteiger charge is -2.36. The molecule has 0 aliphatic carbocycles. The first-order valence-electron chi connectivity index (χ1n) is 7.60. The third-order valence-corrected chi connectivity index (χ3v) is 4.09. The maximum absolute atomic E-state index is 7.57. The molecular weight excluding hydrogens is 236 g/mol. The quantitative estimate of drug-likeness (QED) is 0.548. The van der Waals surface area contributed by atoms with Crippen molar-refractivity contribution in [3.05, 3.63) is 0 Å². The summed E-state index contributed by atoms with van der Waals surface area (Å²) < 4.78 is 0. The average Bonchev–Trinajstić information content (AvgIpc) is 2.30. The van der Waals surface area contributed by atoms with Crippen LogP contribution in [0.2, 0.25) is 0 Å². The van der Waals surface area contributed by atoms with Crippen LogP contribution in [0.1, 0.15) is 40.5 Å². The van der Waals surface area contributed by atoms with E-state index in [0.717, 1.165) is 25.3 Å². The molecule has 0 radical (unpaired) electrons. The van der Waals surface area contributed by atoms with Gasteiger partial charge in [0, 0.05) is 38.1 Å². The number of amidine groups is 1. The SMILES string of the molecule is CC(C)CN1CCN(CCCC(C)(C)C(=N)N)CC1. The van der Waals surface area contributed by atoms with E-state index >= 15 is 0 Å². The van der Waals surface area contributed by atoms with Gasteiger partial charge < -0.3 is 15.5 Å². The number of nitrogens with zero attached hydrogens (tertiary/aromatic N) is 2. The van der Waals surface area contributed by atoms with E-state index in [2.05, 4.69) is 37.5 Å². The molecule has 112 valence electrons. The van der Waals surface area contributed by atoms with Crippen molar-refractivity contribution in [3.8, 4) is 0 Å². The Labute approximate surface area is 118 Å². The zero-order valence-electron chi connectivity index (χ0n) is 13.2. The van der Waals surface area contributed by atoms with Crippen molar-refractivity contribution in [2.45, 2.75) is 40.5 Å². The third kappa shape index (κ3) is 5.91. The highest BCUT2D eigenvalue weighted by atomic mass is 15.3. The molecule has 4 heteroatoms. The van der Waals surface area contributed by atoms with Gasteiger partial charge in [-0.1, -0.05) is 27.7 Å². The van der Waals surface area contributed by atoms with Gasteiger partial charge in [0.15, 0.2) is 0 Å². The van der Waals surface area contributed by atoms with Crippen molar-refractivity contribution < 1.29 is 0 Å². The smallest absolute Gasteiger partial charge is 0.0963 e. The Bertz CT molecular complexity index is 278. The van der Waals surface area contributed by atoms with Gasteiger partial charge in [-0.3, -0.25) is 5.41 Å². The molecule has 0 unspecified atom stereocenters. The molecule has 1 fully saturated rings. The molecule has 1 aliphatic rings. The van der Waals surface area contributed by atoms with Gasteiger partial charge in [0.1, 0.15) is 0 Å². The molecule has 1 rings (SSSR count). The number of hydrogen-bond donors (Lipinski definition) is 2. The highest BCUT2D eigenvalue weighted by Crippen LogP contribution is 2.22. The monoisotopic (exact) mass is 268 g/mol. The first-order valence-corrected chi connectivity index (χ1v) is 7.60. The molecule has 0 aromatic heterocycles. The highest BCUT2D eigenvalue weighted by Gasteiger charge is 2.22. The predicted molar refractivity (Wildman–Crippen MR) is 82.6 cm³/mol. The van der Waals surface area contributed by atoms with Crippen LogP contribution in [0.5, 0.6) is 0 Å². The lowest BCUT2D eigenvalue weighted by Crippen LogP contribution is -2.47. The first kappa shape index (κ1) is 16.4. The molecule has 1 aliphatic heterocycles. The van der Waals surface area contributed by atoms with Crippen molar-refractivity contribution in [1.82, 2.24) is 9.80 Å². The third-order valence-electron chi connectivity index (χ3n) is 4.09. The largest absolute Gasteiger partial charge is 0.387 e. The van der Waals surface area contributed by atoms with Gasteiger partial charge in [-0.2, -0.15) is 0 Å². The molecule has 0 aromatic carbocycles. The lowest BCUT2D eigenvalue weighted by molar-refractivity contribution is 0.119. The van der Waals surface area contributed by atoms with E-state index in [0.29, 0.717) is 5.84 Å². The van der Waals surface area contributed by atoms with Crippen LogP contribution in [-0.2, 0) is 0 Å². The summed E-state index contributed by atoms with van der Waals surface area (Å²) in [6.07, 6.45) is 2.14. The van der Waals surface area contributed by atoms with Crippen LogP contribution in [0.25, 0.3) is 0 Å². The standard InChI is InChI=1S/C15H32N4/c1-13(2)12-19-10-8-18(9-11-19)7-5-6-15(3,4)14(16)17/h13H,5-12H2,1-4H3,(H3,16,17). The molecule has 1 saturated heterocycles. The summed E-state index contributed by atoms with van der Waals surface area (Å²) in [7, 11) is 0. The maximum atomic E-state index is 7.57. The van der Waals surface area contributed by atoms with E-state index in [1.54, 1.807) is 0 Å². The van der Waals surface area contributed by atoms with Crippen LogP contribution in [-0.4, -0.2) is 54.9 Å². The van der Waals surface area contributed by atoms with Crippen LogP contribution in [0.4, 0.5) is 0 Å². The molecule has 1 heterocycles. The summed E-state index contributed by atoms with van der Waals surface area (Å²) in [5.41, 5.74) is 5.48. The minimum Gasteiger partial charge on any atom is -0.387 e. The molecule has 0 spiro atoms. The Morgan fingerprint density at radius 3 is 2.16 bits per heavy atom. The van der Waals surface area contributed by atoms with E-state index in [-0.39, 0.29) is 5.41 Å². The van der Waals surface area contributed by atoms with E-state index in [9.17, 15) is 0 Å². The van der Waals surface area contributed by atoms with Crippen molar-refractivity contribution in [1.29, 1.82) is 5.41 Å². The maximum Gasteiger partial charge on any atom is 0.0963 e. The van der Waals surface area contributed by atoms with Crippen LogP contribution >= 0.6 is 0 Å². The molecule has 0 amide bonds. The van der Waals surface area contributed by atoms with Gasteiger partial charge in [-0.15, -0.1) is 0 Å². The summed E-state index contributed by atoms with van der Waals surface area (Å²) >= 11 is 0. The van der Waals surface area contributed by atoms with Crippen LogP contribution in [0.15, 0.2) is 0 Å². The topological polar surface area (TPSA) is 56.4 Å². The lowest BCUT2D eigenvalue weighted by atomic mass is 9.86. The molecule has 4 nitrogen and oxygen atoms in total. The summed E-state index contributed by atoms with van der Waals surface area (Å²) in [5, 5.41) is 7.57. The highest BCUT2D eigenvalue weighted by molar-refractivity contribution is 5.82. The van der Waals surface area contributed by atoms with E-state index in [4.69, 9.17) is 11.1 Å². The average molecular weight is 268 g/mol. The van der Waals surface area contributed by atoms with Gasteiger partial charge in [0.25, 0.3) is 0 Å². The normalized spacial score (nSPS) is 19.0. The molecule has 19 heavy (non-hydrogen) atoms. The van der Waals surface area contributed by atoms with Gasteiger partial charge in [-0.25, -0.2) is 0 Å². The zero-order valence-corrected chi connectivity index (χ0v) is 13.2. The minimum absolute atomic E-state index is 0.139. The molecule has 0 aromatic rings. The molecule has 3 N–H and O–H groups in total. The van der Waals surface area contributed by atoms with Gasteiger partial charge in [0.2, 0.25) is 0 Å². The van der Waals surface area contributed by atoms with Crippen LogP contribution < -0.4 is 5.73 Å². The fourth-order valence-electron chi connectivity index (χ4n) is 2.59.